The highest BCUT2D eigenvalue weighted by molar-refractivity contribution is 5.13. The molecule has 0 aliphatic heterocycles. The minimum Gasteiger partial charge on any atom is -0.490 e. The van der Waals surface area contributed by atoms with E-state index in [0.717, 1.165) is 0 Å². The van der Waals surface area contributed by atoms with Gasteiger partial charge in [-0.2, -0.15) is 5.10 Å². The molecule has 0 spiro atoms. The summed E-state index contributed by atoms with van der Waals surface area (Å²) in [6, 6.07) is 1.40. The highest BCUT2D eigenvalue weighted by Crippen LogP contribution is 2.02. The molecule has 0 saturated heterocycles. The molecule has 1 heterocycles. The molecule has 1 aromatic heterocycles. The van der Waals surface area contributed by atoms with Gasteiger partial charge >= 0.3 is 0 Å². The van der Waals surface area contributed by atoms with Gasteiger partial charge in [0.2, 0.25) is 0 Å². The summed E-state index contributed by atoms with van der Waals surface area (Å²) in [6.45, 7) is 3.05. The first-order chi connectivity index (χ1) is 7.77. The molecule has 0 bridgehead atoms. The second-order valence-electron chi connectivity index (χ2n) is 3.07. The molecule has 0 aromatic carbocycles. The molecule has 0 saturated carbocycles. The molecule has 86 valence electrons. The van der Waals surface area contributed by atoms with Gasteiger partial charge in [-0.25, -0.2) is 4.68 Å². The van der Waals surface area contributed by atoms with E-state index in [1.807, 2.05) is 0 Å². The van der Waals surface area contributed by atoms with Crippen LogP contribution in [0.25, 0.3) is 0 Å². The first kappa shape index (κ1) is 12.3. The number of nitrogens with two attached hydrogens (primary N) is 1. The summed E-state index contributed by atoms with van der Waals surface area (Å²) in [4.78, 5) is 11.5. The molecule has 5 heteroatoms. The van der Waals surface area contributed by atoms with E-state index in [4.69, 9.17) is 10.5 Å². The second kappa shape index (κ2) is 6.64. The Balaban J connectivity index is 2.66. The van der Waals surface area contributed by atoms with Crippen molar-refractivity contribution in [3.8, 4) is 17.6 Å². The van der Waals surface area contributed by atoms with Crippen molar-refractivity contribution in [2.45, 2.75) is 19.9 Å². The summed E-state index contributed by atoms with van der Waals surface area (Å²) in [6.07, 6.45) is 2.13. The fourth-order valence-corrected chi connectivity index (χ4v) is 1.13. The van der Waals surface area contributed by atoms with Gasteiger partial charge < -0.3 is 10.5 Å². The predicted molar refractivity (Wildman–Crippen MR) is 61.1 cm³/mol. The molecule has 2 N–H and O–H groups in total. The van der Waals surface area contributed by atoms with Gasteiger partial charge in [0.05, 0.1) is 12.7 Å². The first-order valence-corrected chi connectivity index (χ1v) is 5.07. The van der Waals surface area contributed by atoms with Gasteiger partial charge in [-0.3, -0.25) is 4.79 Å². The minimum atomic E-state index is -0.188. The molecule has 0 atom stereocenters. The molecule has 5 nitrogen and oxygen atoms in total. The largest absolute Gasteiger partial charge is 0.490 e. The summed E-state index contributed by atoms with van der Waals surface area (Å²) < 4.78 is 6.55. The molecule has 0 aliphatic rings. The van der Waals surface area contributed by atoms with Crippen LogP contribution in [0.1, 0.15) is 13.3 Å². The van der Waals surface area contributed by atoms with Crippen LogP contribution in [0.2, 0.25) is 0 Å². The number of aryl methyl sites for hydroxylation is 1. The number of hydrogen-bond donors (Lipinski definition) is 1. The van der Waals surface area contributed by atoms with Crippen molar-refractivity contribution in [3.63, 3.8) is 0 Å². The van der Waals surface area contributed by atoms with E-state index in [2.05, 4.69) is 16.9 Å². The minimum absolute atomic E-state index is 0.188. The van der Waals surface area contributed by atoms with Crippen LogP contribution in [0.3, 0.4) is 0 Å². The van der Waals surface area contributed by atoms with Gasteiger partial charge in [0.1, 0.15) is 12.4 Å². The Morgan fingerprint density at radius 3 is 3.06 bits per heavy atom. The Hall–Kier alpha value is -1.80. The van der Waals surface area contributed by atoms with Gasteiger partial charge in [-0.05, 0) is 6.92 Å². The van der Waals surface area contributed by atoms with E-state index in [0.29, 0.717) is 31.9 Å². The van der Waals surface area contributed by atoms with Crippen LogP contribution in [0.5, 0.6) is 5.75 Å². The average Bonchev–Trinajstić information content (AvgIpc) is 2.29. The average molecular weight is 221 g/mol. The molecule has 0 fully saturated rings. The lowest BCUT2D eigenvalue weighted by molar-refractivity contribution is 0.323. The summed E-state index contributed by atoms with van der Waals surface area (Å²) in [7, 11) is 0. The van der Waals surface area contributed by atoms with E-state index >= 15 is 0 Å². The van der Waals surface area contributed by atoms with Crippen molar-refractivity contribution in [3.05, 3.63) is 22.6 Å². The fourth-order valence-electron chi connectivity index (χ4n) is 1.13. The van der Waals surface area contributed by atoms with Gasteiger partial charge in [0.15, 0.2) is 0 Å². The van der Waals surface area contributed by atoms with Crippen LogP contribution in [-0.2, 0) is 6.54 Å². The van der Waals surface area contributed by atoms with E-state index < -0.39 is 0 Å². The Bertz CT molecular complexity index is 443. The van der Waals surface area contributed by atoms with Crippen molar-refractivity contribution in [1.29, 1.82) is 0 Å². The summed E-state index contributed by atoms with van der Waals surface area (Å²) in [5.41, 5.74) is 5.09. The zero-order valence-corrected chi connectivity index (χ0v) is 9.27. The molecular weight excluding hydrogens is 206 g/mol. The van der Waals surface area contributed by atoms with Crippen molar-refractivity contribution in [2.24, 2.45) is 5.73 Å². The van der Waals surface area contributed by atoms with Gasteiger partial charge in [-0.15, -0.1) is 11.8 Å². The summed E-state index contributed by atoms with van der Waals surface area (Å²) >= 11 is 0. The fraction of sp³-hybridized carbons (Fsp3) is 0.455. The van der Waals surface area contributed by atoms with Crippen LogP contribution >= 0.6 is 0 Å². The lowest BCUT2D eigenvalue weighted by Gasteiger charge is -2.05. The smallest absolute Gasteiger partial charge is 0.270 e. The maximum absolute atomic E-state index is 11.5. The third-order valence-electron chi connectivity index (χ3n) is 1.86. The number of aromatic nitrogens is 2. The Kier molecular flexibility index (Phi) is 5.09. The van der Waals surface area contributed by atoms with E-state index in [1.165, 1.54) is 16.9 Å². The standard InChI is InChI=1S/C11H15N3O2/c1-2-3-4-6-14-11(15)8-10(9-13-14)16-7-5-12/h8-9H,4-7,12H2,1H3. The van der Waals surface area contributed by atoms with Crippen molar-refractivity contribution < 1.29 is 4.74 Å². The van der Waals surface area contributed by atoms with Crippen molar-refractivity contribution >= 4 is 0 Å². The van der Waals surface area contributed by atoms with Crippen molar-refractivity contribution in [1.82, 2.24) is 9.78 Å². The SMILES string of the molecule is CC#CCCn1ncc(OCCN)cc1=O. The lowest BCUT2D eigenvalue weighted by Crippen LogP contribution is -2.22. The quantitative estimate of drug-likeness (QED) is 0.710. The number of rotatable bonds is 5. The van der Waals surface area contributed by atoms with Gasteiger partial charge in [-0.1, -0.05) is 0 Å². The van der Waals surface area contributed by atoms with Crippen LogP contribution in [-0.4, -0.2) is 22.9 Å². The zero-order chi connectivity index (χ0) is 11.8. The summed E-state index contributed by atoms with van der Waals surface area (Å²) in [5.74, 6) is 6.09. The Morgan fingerprint density at radius 1 is 1.62 bits per heavy atom. The third kappa shape index (κ3) is 3.75. The number of hydrogen-bond acceptors (Lipinski definition) is 4. The Labute approximate surface area is 94.2 Å². The molecule has 1 rings (SSSR count). The molecule has 0 amide bonds. The summed E-state index contributed by atoms with van der Waals surface area (Å²) in [5, 5.41) is 3.97. The van der Waals surface area contributed by atoms with Gasteiger partial charge in [0, 0.05) is 19.0 Å². The predicted octanol–water partition coefficient (Wildman–Crippen LogP) is -0.00580. The van der Waals surface area contributed by atoms with E-state index in [-0.39, 0.29) is 5.56 Å². The molecule has 0 unspecified atom stereocenters. The molecular formula is C11H15N3O2. The van der Waals surface area contributed by atoms with E-state index in [9.17, 15) is 4.79 Å². The number of ether oxygens (including phenoxy) is 1. The lowest BCUT2D eigenvalue weighted by atomic mass is 10.4. The maximum Gasteiger partial charge on any atom is 0.270 e. The van der Waals surface area contributed by atoms with Gasteiger partial charge in [0.25, 0.3) is 5.56 Å². The maximum atomic E-state index is 11.5. The monoisotopic (exact) mass is 221 g/mol. The van der Waals surface area contributed by atoms with E-state index in [1.54, 1.807) is 6.92 Å². The van der Waals surface area contributed by atoms with Crippen LogP contribution < -0.4 is 16.0 Å². The third-order valence-corrected chi connectivity index (χ3v) is 1.86. The highest BCUT2D eigenvalue weighted by Gasteiger charge is 1.99. The first-order valence-electron chi connectivity index (χ1n) is 5.07. The molecule has 0 radical (unpaired) electrons. The van der Waals surface area contributed by atoms with Crippen LogP contribution in [0.15, 0.2) is 17.1 Å². The van der Waals surface area contributed by atoms with Crippen LogP contribution in [0.4, 0.5) is 0 Å². The normalized spacial score (nSPS) is 9.38. The van der Waals surface area contributed by atoms with Crippen LogP contribution in [0, 0.1) is 11.8 Å². The van der Waals surface area contributed by atoms with Crippen molar-refractivity contribution in [2.75, 3.05) is 13.2 Å². The molecule has 0 aliphatic carbocycles. The second-order valence-corrected chi connectivity index (χ2v) is 3.07. The zero-order valence-electron chi connectivity index (χ0n) is 9.27. The molecule has 1 aromatic rings. The number of nitrogens with zero attached hydrogens (tertiary/aromatic N) is 2. The Morgan fingerprint density at radius 2 is 2.44 bits per heavy atom. The highest BCUT2D eigenvalue weighted by atomic mass is 16.5. The topological polar surface area (TPSA) is 70.1 Å². The molecule has 16 heavy (non-hydrogen) atoms.